The molecule has 0 spiro atoms. The molecule has 0 amide bonds. The van der Waals surface area contributed by atoms with E-state index in [2.05, 4.69) is 56.3 Å². The first-order chi connectivity index (χ1) is 9.74. The molecular formula is C20H20. The second-order valence-corrected chi connectivity index (χ2v) is 6.21. The minimum absolute atomic E-state index is 0.579. The van der Waals surface area contributed by atoms with Crippen LogP contribution in [-0.4, -0.2) is 0 Å². The van der Waals surface area contributed by atoms with E-state index in [4.69, 9.17) is 0 Å². The van der Waals surface area contributed by atoms with Crippen LogP contribution in [0.25, 0.3) is 5.57 Å². The molecule has 0 fully saturated rings. The summed E-state index contributed by atoms with van der Waals surface area (Å²) in [6, 6.07) is 8.99. The van der Waals surface area contributed by atoms with Crippen molar-refractivity contribution in [2.75, 3.05) is 0 Å². The molecule has 0 N–H and O–H groups in total. The largest absolute Gasteiger partial charge is 0.0769 e. The Labute approximate surface area is 121 Å². The molecule has 1 aromatic carbocycles. The van der Waals surface area contributed by atoms with Gasteiger partial charge >= 0.3 is 0 Å². The molecule has 1 unspecified atom stereocenters. The zero-order valence-electron chi connectivity index (χ0n) is 12.2. The normalized spacial score (nSPS) is 24.1. The summed E-state index contributed by atoms with van der Waals surface area (Å²) in [5.41, 5.74) is 10.5. The first-order valence-electron chi connectivity index (χ1n) is 7.65. The van der Waals surface area contributed by atoms with Crippen LogP contribution in [0.5, 0.6) is 0 Å². The van der Waals surface area contributed by atoms with Crippen molar-refractivity contribution in [3.05, 3.63) is 75.9 Å². The molecule has 0 heteroatoms. The van der Waals surface area contributed by atoms with Gasteiger partial charge in [-0.05, 0) is 60.1 Å². The summed E-state index contributed by atoms with van der Waals surface area (Å²) in [5.74, 6) is 0.579. The highest BCUT2D eigenvalue weighted by molar-refractivity contribution is 5.81. The van der Waals surface area contributed by atoms with Crippen LogP contribution in [0.3, 0.4) is 0 Å². The summed E-state index contributed by atoms with van der Waals surface area (Å²) in [7, 11) is 0. The summed E-state index contributed by atoms with van der Waals surface area (Å²) >= 11 is 0. The van der Waals surface area contributed by atoms with Crippen LogP contribution in [-0.2, 0) is 0 Å². The fourth-order valence-electron chi connectivity index (χ4n) is 3.82. The van der Waals surface area contributed by atoms with Crippen LogP contribution in [0, 0.1) is 12.8 Å². The lowest BCUT2D eigenvalue weighted by molar-refractivity contribution is 0.777. The Kier molecular flexibility index (Phi) is 2.60. The minimum Gasteiger partial charge on any atom is -0.0769 e. The highest BCUT2D eigenvalue weighted by Gasteiger charge is 2.31. The van der Waals surface area contributed by atoms with Crippen molar-refractivity contribution in [1.29, 1.82) is 0 Å². The van der Waals surface area contributed by atoms with Gasteiger partial charge in [0.25, 0.3) is 0 Å². The smallest absolute Gasteiger partial charge is 0.00353 e. The maximum atomic E-state index is 2.45. The highest BCUT2D eigenvalue weighted by Crippen LogP contribution is 2.49. The number of fused-ring (bicyclic) bond motifs is 2. The first kappa shape index (κ1) is 12.0. The van der Waals surface area contributed by atoms with E-state index in [0.717, 1.165) is 6.42 Å². The van der Waals surface area contributed by atoms with E-state index in [1.165, 1.54) is 40.7 Å². The van der Waals surface area contributed by atoms with Crippen molar-refractivity contribution in [3.63, 3.8) is 0 Å². The molecule has 3 aliphatic rings. The molecule has 1 aromatic rings. The number of allylic oxidation sites excluding steroid dienone is 8. The van der Waals surface area contributed by atoms with Gasteiger partial charge < -0.3 is 0 Å². The first-order valence-corrected chi connectivity index (χ1v) is 7.65. The molecule has 0 heterocycles. The lowest BCUT2D eigenvalue weighted by atomic mass is 9.83. The van der Waals surface area contributed by atoms with Gasteiger partial charge in [0.2, 0.25) is 0 Å². The van der Waals surface area contributed by atoms with Gasteiger partial charge in [-0.1, -0.05) is 54.5 Å². The van der Waals surface area contributed by atoms with Crippen LogP contribution in [0.15, 0.2) is 64.8 Å². The monoisotopic (exact) mass is 260 g/mol. The van der Waals surface area contributed by atoms with E-state index in [0.29, 0.717) is 5.92 Å². The van der Waals surface area contributed by atoms with Gasteiger partial charge in [-0.2, -0.15) is 0 Å². The summed E-state index contributed by atoms with van der Waals surface area (Å²) in [4.78, 5) is 0. The van der Waals surface area contributed by atoms with Gasteiger partial charge in [-0.15, -0.1) is 0 Å². The SMILES string of the molecule is Cc1ccc(C2=CC3=C(CCC4=CCC=C43)C2C)cc1. The molecule has 0 bridgehead atoms. The lowest BCUT2D eigenvalue weighted by Gasteiger charge is -2.21. The quantitative estimate of drug-likeness (QED) is 0.636. The third kappa shape index (κ3) is 1.67. The molecule has 20 heavy (non-hydrogen) atoms. The van der Waals surface area contributed by atoms with Gasteiger partial charge in [0.1, 0.15) is 0 Å². The molecule has 0 aliphatic heterocycles. The summed E-state index contributed by atoms with van der Waals surface area (Å²) in [5, 5.41) is 0. The standard InChI is InChI=1S/C20H20/c1-13-6-8-16(9-7-13)19-12-20-17(14(19)2)11-10-15-4-3-5-18(15)20/h4-9,12,14H,3,10-11H2,1-2H3. The Hall–Kier alpha value is -1.82. The second kappa shape index (κ2) is 4.34. The summed E-state index contributed by atoms with van der Waals surface area (Å²) in [6.07, 6.45) is 10.9. The molecule has 3 aliphatic carbocycles. The maximum Gasteiger partial charge on any atom is 0.00353 e. The van der Waals surface area contributed by atoms with Crippen molar-refractivity contribution in [3.8, 4) is 0 Å². The molecule has 1 atom stereocenters. The van der Waals surface area contributed by atoms with Crippen LogP contribution < -0.4 is 0 Å². The van der Waals surface area contributed by atoms with Gasteiger partial charge in [0.15, 0.2) is 0 Å². The number of aryl methyl sites for hydroxylation is 1. The fourth-order valence-corrected chi connectivity index (χ4v) is 3.82. The van der Waals surface area contributed by atoms with Crippen LogP contribution in [0.2, 0.25) is 0 Å². The molecule has 0 nitrogen and oxygen atoms in total. The number of rotatable bonds is 1. The van der Waals surface area contributed by atoms with Crippen molar-refractivity contribution < 1.29 is 0 Å². The molecule has 0 saturated carbocycles. The van der Waals surface area contributed by atoms with E-state index in [-0.39, 0.29) is 0 Å². The van der Waals surface area contributed by atoms with Crippen molar-refractivity contribution in [2.45, 2.75) is 33.1 Å². The van der Waals surface area contributed by atoms with Crippen LogP contribution in [0.4, 0.5) is 0 Å². The molecule has 0 aromatic heterocycles. The maximum absolute atomic E-state index is 2.45. The third-order valence-electron chi connectivity index (χ3n) is 5.01. The fraction of sp³-hybridized carbons (Fsp3) is 0.300. The zero-order valence-corrected chi connectivity index (χ0v) is 12.2. The Morgan fingerprint density at radius 2 is 1.80 bits per heavy atom. The molecule has 0 saturated heterocycles. The summed E-state index contributed by atoms with van der Waals surface area (Å²) < 4.78 is 0. The van der Waals surface area contributed by atoms with Crippen molar-refractivity contribution >= 4 is 5.57 Å². The van der Waals surface area contributed by atoms with Gasteiger partial charge in [-0.3, -0.25) is 0 Å². The van der Waals surface area contributed by atoms with Crippen molar-refractivity contribution in [2.24, 2.45) is 5.92 Å². The summed E-state index contributed by atoms with van der Waals surface area (Å²) in [6.45, 7) is 4.53. The number of benzene rings is 1. The average molecular weight is 260 g/mol. The number of hydrogen-bond donors (Lipinski definition) is 0. The topological polar surface area (TPSA) is 0 Å². The van der Waals surface area contributed by atoms with E-state index >= 15 is 0 Å². The molecule has 100 valence electrons. The van der Waals surface area contributed by atoms with E-state index in [9.17, 15) is 0 Å². The average Bonchev–Trinajstić information content (AvgIpc) is 3.04. The van der Waals surface area contributed by atoms with Crippen LogP contribution >= 0.6 is 0 Å². The Morgan fingerprint density at radius 1 is 1.00 bits per heavy atom. The molecule has 4 rings (SSSR count). The van der Waals surface area contributed by atoms with E-state index < -0.39 is 0 Å². The Bertz CT molecular complexity index is 690. The second-order valence-electron chi connectivity index (χ2n) is 6.21. The predicted molar refractivity (Wildman–Crippen MR) is 85.4 cm³/mol. The molecule has 0 radical (unpaired) electrons. The van der Waals surface area contributed by atoms with E-state index in [1.54, 1.807) is 11.1 Å². The van der Waals surface area contributed by atoms with Gasteiger partial charge in [-0.25, -0.2) is 0 Å². The predicted octanol–water partition coefficient (Wildman–Crippen LogP) is 5.38. The van der Waals surface area contributed by atoms with E-state index in [1.807, 2.05) is 0 Å². The van der Waals surface area contributed by atoms with Gasteiger partial charge in [0, 0.05) is 5.92 Å². The number of hydrogen-bond acceptors (Lipinski definition) is 0. The van der Waals surface area contributed by atoms with Crippen molar-refractivity contribution in [1.82, 2.24) is 0 Å². The van der Waals surface area contributed by atoms with Crippen LogP contribution in [0.1, 0.15) is 37.3 Å². The Balaban J connectivity index is 1.77. The Morgan fingerprint density at radius 3 is 2.60 bits per heavy atom. The lowest BCUT2D eigenvalue weighted by Crippen LogP contribution is -2.05. The third-order valence-corrected chi connectivity index (χ3v) is 5.01. The highest BCUT2D eigenvalue weighted by atomic mass is 14.4. The zero-order chi connectivity index (χ0) is 13.7. The molecular weight excluding hydrogens is 240 g/mol. The minimum atomic E-state index is 0.579. The van der Waals surface area contributed by atoms with Gasteiger partial charge in [0.05, 0.1) is 0 Å².